The second-order valence-electron chi connectivity index (χ2n) is 7.20. The number of piperidine rings is 1. The third-order valence-electron chi connectivity index (χ3n) is 5.51. The number of benzene rings is 2. The molecule has 0 unspecified atom stereocenters. The van der Waals surface area contributed by atoms with Gasteiger partial charge in [0.1, 0.15) is 5.69 Å². The Morgan fingerprint density at radius 3 is 2.45 bits per heavy atom. The number of halogens is 1. The molecule has 1 aliphatic rings. The predicted octanol–water partition coefficient (Wildman–Crippen LogP) is 2.79. The Labute approximate surface area is 176 Å². The second-order valence-corrected chi connectivity index (χ2v) is 7.20. The molecule has 1 saturated heterocycles. The summed E-state index contributed by atoms with van der Waals surface area (Å²) in [7, 11) is 0. The van der Waals surface area contributed by atoms with Gasteiger partial charge < -0.3 is 15.7 Å². The Morgan fingerprint density at radius 2 is 1.79 bits per heavy atom. The molecule has 1 fully saturated rings. The first-order valence-electron chi connectivity index (χ1n) is 9.49. The fraction of sp³-hybridized carbons (Fsp3) is 0.273. The molecule has 1 aliphatic heterocycles. The Kier molecular flexibility index (Phi) is 6.37. The molecule has 152 valence electrons. The number of aromatic amines is 1. The SMILES string of the molecule is Cc1c(-c2ccccc2)n[nH]c1C(=O)N[C@@]1(c2ccccc2)CCNC[C@H]1O.Cl. The monoisotopic (exact) mass is 412 g/mol. The maximum Gasteiger partial charge on any atom is 0.270 e. The van der Waals surface area contributed by atoms with Gasteiger partial charge >= 0.3 is 0 Å². The maximum absolute atomic E-state index is 13.2. The van der Waals surface area contributed by atoms with E-state index in [1.807, 2.05) is 67.6 Å². The van der Waals surface area contributed by atoms with E-state index in [1.165, 1.54) is 0 Å². The zero-order chi connectivity index (χ0) is 19.6. The van der Waals surface area contributed by atoms with Crippen molar-refractivity contribution in [2.45, 2.75) is 25.0 Å². The topological polar surface area (TPSA) is 90.0 Å². The summed E-state index contributed by atoms with van der Waals surface area (Å²) in [5.74, 6) is -0.267. The lowest BCUT2D eigenvalue weighted by molar-refractivity contribution is 0.0287. The van der Waals surface area contributed by atoms with Crippen molar-refractivity contribution in [1.29, 1.82) is 0 Å². The molecule has 0 radical (unpaired) electrons. The number of carbonyl (C=O) groups is 1. The molecule has 6 nitrogen and oxygen atoms in total. The average Bonchev–Trinajstić information content (AvgIpc) is 3.12. The van der Waals surface area contributed by atoms with E-state index in [0.29, 0.717) is 25.2 Å². The van der Waals surface area contributed by atoms with Gasteiger partial charge in [0.25, 0.3) is 5.91 Å². The highest BCUT2D eigenvalue weighted by Crippen LogP contribution is 2.32. The van der Waals surface area contributed by atoms with Crippen LogP contribution in [0.2, 0.25) is 0 Å². The summed E-state index contributed by atoms with van der Waals surface area (Å²) >= 11 is 0. The lowest BCUT2D eigenvalue weighted by atomic mass is 9.79. The largest absolute Gasteiger partial charge is 0.389 e. The van der Waals surface area contributed by atoms with E-state index < -0.39 is 11.6 Å². The normalized spacial score (nSPS) is 21.2. The minimum absolute atomic E-state index is 0. The van der Waals surface area contributed by atoms with Gasteiger partial charge in [-0.05, 0) is 25.5 Å². The van der Waals surface area contributed by atoms with E-state index >= 15 is 0 Å². The quantitative estimate of drug-likeness (QED) is 0.530. The molecule has 1 amide bonds. The van der Waals surface area contributed by atoms with Crippen LogP contribution in [0.15, 0.2) is 60.7 Å². The number of amides is 1. The molecule has 2 aromatic carbocycles. The maximum atomic E-state index is 13.2. The number of β-amino-alcohol motifs (C(OH)–C–C–N with tert-alkyl or cyclic N) is 1. The highest BCUT2D eigenvalue weighted by atomic mass is 35.5. The van der Waals surface area contributed by atoms with E-state index in [-0.39, 0.29) is 18.3 Å². The van der Waals surface area contributed by atoms with E-state index in [1.54, 1.807) is 0 Å². The van der Waals surface area contributed by atoms with Crippen LogP contribution < -0.4 is 10.6 Å². The first-order valence-corrected chi connectivity index (χ1v) is 9.49. The summed E-state index contributed by atoms with van der Waals surface area (Å²) < 4.78 is 0. The molecule has 0 saturated carbocycles. The van der Waals surface area contributed by atoms with Gasteiger partial charge in [-0.3, -0.25) is 9.89 Å². The van der Waals surface area contributed by atoms with Crippen LogP contribution >= 0.6 is 12.4 Å². The van der Waals surface area contributed by atoms with Crippen molar-refractivity contribution >= 4 is 18.3 Å². The van der Waals surface area contributed by atoms with Crippen molar-refractivity contribution in [2.75, 3.05) is 13.1 Å². The standard InChI is InChI=1S/C22H24N4O2.ClH/c1-15-19(16-8-4-2-5-9-16)25-26-20(15)21(28)24-22(12-13-23-14-18(22)27)17-10-6-3-7-11-17;/h2-11,18,23,27H,12-14H2,1H3,(H,24,28)(H,25,26);1H/t18-,22-;/m1./s1. The van der Waals surface area contributed by atoms with E-state index in [2.05, 4.69) is 20.8 Å². The molecule has 4 N–H and O–H groups in total. The minimum atomic E-state index is -0.839. The van der Waals surface area contributed by atoms with Crippen molar-refractivity contribution in [3.63, 3.8) is 0 Å². The zero-order valence-electron chi connectivity index (χ0n) is 16.2. The van der Waals surface area contributed by atoms with Crippen LogP contribution in [0.4, 0.5) is 0 Å². The van der Waals surface area contributed by atoms with Gasteiger partial charge in [0, 0.05) is 17.7 Å². The number of H-pyrrole nitrogens is 1. The molecular weight excluding hydrogens is 388 g/mol. The number of nitrogens with one attached hydrogen (secondary N) is 3. The van der Waals surface area contributed by atoms with Gasteiger partial charge in [-0.25, -0.2) is 0 Å². The summed E-state index contributed by atoms with van der Waals surface area (Å²) in [6, 6.07) is 19.4. The molecule has 1 aromatic heterocycles. The van der Waals surface area contributed by atoms with Crippen LogP contribution in [0.5, 0.6) is 0 Å². The van der Waals surface area contributed by atoms with Crippen LogP contribution in [0.1, 0.15) is 28.0 Å². The fourth-order valence-electron chi connectivity index (χ4n) is 3.92. The number of rotatable bonds is 4. The molecule has 29 heavy (non-hydrogen) atoms. The van der Waals surface area contributed by atoms with E-state index in [0.717, 1.165) is 22.4 Å². The summed E-state index contributed by atoms with van der Waals surface area (Å²) in [5, 5.41) is 24.4. The number of hydrogen-bond donors (Lipinski definition) is 4. The molecular formula is C22H25ClN4O2. The van der Waals surface area contributed by atoms with Gasteiger partial charge in [0.15, 0.2) is 0 Å². The van der Waals surface area contributed by atoms with Gasteiger partial charge in [-0.2, -0.15) is 5.10 Å². The van der Waals surface area contributed by atoms with Crippen LogP contribution in [0.3, 0.4) is 0 Å². The highest BCUT2D eigenvalue weighted by molar-refractivity contribution is 5.96. The van der Waals surface area contributed by atoms with E-state index in [4.69, 9.17) is 0 Å². The Hall–Kier alpha value is -2.67. The van der Waals surface area contributed by atoms with Crippen molar-refractivity contribution in [3.05, 3.63) is 77.5 Å². The van der Waals surface area contributed by atoms with Gasteiger partial charge in [0.05, 0.1) is 17.3 Å². The number of aromatic nitrogens is 2. The van der Waals surface area contributed by atoms with Crippen LogP contribution in [-0.4, -0.2) is 40.4 Å². The van der Waals surface area contributed by atoms with Crippen LogP contribution in [0, 0.1) is 6.92 Å². The van der Waals surface area contributed by atoms with Gasteiger partial charge in [-0.15, -0.1) is 12.4 Å². The van der Waals surface area contributed by atoms with E-state index in [9.17, 15) is 9.90 Å². The molecule has 0 spiro atoms. The van der Waals surface area contributed by atoms with Gasteiger partial charge in [0.2, 0.25) is 0 Å². The molecule has 3 aromatic rings. The first kappa shape index (κ1) is 21.0. The smallest absolute Gasteiger partial charge is 0.270 e. The third kappa shape index (κ3) is 3.92. The zero-order valence-corrected chi connectivity index (χ0v) is 17.0. The molecule has 0 bridgehead atoms. The van der Waals surface area contributed by atoms with Crippen molar-refractivity contribution in [1.82, 2.24) is 20.8 Å². The molecule has 4 rings (SSSR count). The molecule has 2 heterocycles. The Balaban J connectivity index is 0.00000240. The number of carbonyl (C=O) groups excluding carboxylic acids is 1. The predicted molar refractivity (Wildman–Crippen MR) is 115 cm³/mol. The second kappa shape index (κ2) is 8.78. The highest BCUT2D eigenvalue weighted by Gasteiger charge is 2.43. The number of hydrogen-bond acceptors (Lipinski definition) is 4. The third-order valence-corrected chi connectivity index (χ3v) is 5.51. The lowest BCUT2D eigenvalue weighted by Crippen LogP contribution is -2.61. The summed E-state index contributed by atoms with van der Waals surface area (Å²) in [6.45, 7) is 3.02. The number of aliphatic hydroxyl groups excluding tert-OH is 1. The minimum Gasteiger partial charge on any atom is -0.389 e. The first-order chi connectivity index (χ1) is 13.6. The summed E-state index contributed by atoms with van der Waals surface area (Å²) in [5.41, 5.74) is 2.97. The Morgan fingerprint density at radius 1 is 1.14 bits per heavy atom. The summed E-state index contributed by atoms with van der Waals surface area (Å²) in [6.07, 6.45) is -0.132. The molecule has 0 aliphatic carbocycles. The Bertz CT molecular complexity index is 961. The van der Waals surface area contributed by atoms with Gasteiger partial charge in [-0.1, -0.05) is 60.7 Å². The summed E-state index contributed by atoms with van der Waals surface area (Å²) in [4.78, 5) is 13.2. The van der Waals surface area contributed by atoms with Crippen LogP contribution in [0.25, 0.3) is 11.3 Å². The van der Waals surface area contributed by atoms with Crippen molar-refractivity contribution in [3.8, 4) is 11.3 Å². The van der Waals surface area contributed by atoms with Crippen molar-refractivity contribution in [2.24, 2.45) is 0 Å². The number of nitrogens with zero attached hydrogens (tertiary/aromatic N) is 1. The number of aliphatic hydroxyl groups is 1. The van der Waals surface area contributed by atoms with Crippen LogP contribution in [-0.2, 0) is 5.54 Å². The van der Waals surface area contributed by atoms with Crippen molar-refractivity contribution < 1.29 is 9.90 Å². The fourth-order valence-corrected chi connectivity index (χ4v) is 3.92. The molecule has 7 heteroatoms. The average molecular weight is 413 g/mol. The molecule has 2 atom stereocenters. The lowest BCUT2D eigenvalue weighted by Gasteiger charge is -2.42.